The quantitative estimate of drug-likeness (QED) is 0.791. The predicted molar refractivity (Wildman–Crippen MR) is 101 cm³/mol. The molecule has 0 aliphatic carbocycles. The van der Waals surface area contributed by atoms with Crippen molar-refractivity contribution in [3.05, 3.63) is 71.9 Å². The first-order valence-electron chi connectivity index (χ1n) is 8.77. The summed E-state index contributed by atoms with van der Waals surface area (Å²) >= 11 is 0. The Bertz CT molecular complexity index is 924. The highest BCUT2D eigenvalue weighted by molar-refractivity contribution is 5.97. The van der Waals surface area contributed by atoms with Gasteiger partial charge < -0.3 is 15.0 Å². The number of hydrogen-bond acceptors (Lipinski definition) is 4. The van der Waals surface area contributed by atoms with Gasteiger partial charge in [-0.15, -0.1) is 0 Å². The van der Waals surface area contributed by atoms with Gasteiger partial charge in [0.2, 0.25) is 0 Å². The van der Waals surface area contributed by atoms with Crippen LogP contribution in [-0.4, -0.2) is 42.5 Å². The lowest BCUT2D eigenvalue weighted by atomic mass is 10.0. The highest BCUT2D eigenvalue weighted by Crippen LogP contribution is 2.26. The number of aromatic nitrogens is 1. The van der Waals surface area contributed by atoms with Crippen molar-refractivity contribution >= 4 is 16.8 Å². The Morgan fingerprint density at radius 1 is 1.19 bits per heavy atom. The van der Waals surface area contributed by atoms with E-state index in [1.165, 1.54) is 0 Å². The highest BCUT2D eigenvalue weighted by Gasteiger charge is 2.28. The van der Waals surface area contributed by atoms with Gasteiger partial charge in [-0.05, 0) is 29.8 Å². The number of nitrogens with zero attached hydrogens (tertiary/aromatic N) is 2. The normalized spacial score (nSPS) is 17.3. The molecule has 1 fully saturated rings. The van der Waals surface area contributed by atoms with E-state index >= 15 is 0 Å². The molecule has 1 atom stereocenters. The van der Waals surface area contributed by atoms with Crippen LogP contribution in [0.3, 0.4) is 0 Å². The van der Waals surface area contributed by atoms with Gasteiger partial charge in [0.05, 0.1) is 24.2 Å². The highest BCUT2D eigenvalue weighted by atomic mass is 16.5. The minimum absolute atomic E-state index is 0.00590. The third kappa shape index (κ3) is 3.13. The monoisotopic (exact) mass is 347 g/mol. The largest absolute Gasteiger partial charge is 0.497 e. The van der Waals surface area contributed by atoms with Crippen LogP contribution in [0.4, 0.5) is 0 Å². The van der Waals surface area contributed by atoms with Gasteiger partial charge >= 0.3 is 0 Å². The number of nitrogens with one attached hydrogen (secondary N) is 1. The molecule has 1 aliphatic heterocycles. The minimum Gasteiger partial charge on any atom is -0.497 e. The molecule has 26 heavy (non-hydrogen) atoms. The van der Waals surface area contributed by atoms with Crippen molar-refractivity contribution in [2.45, 2.75) is 6.04 Å². The molecule has 1 aliphatic rings. The summed E-state index contributed by atoms with van der Waals surface area (Å²) in [7, 11) is 1.65. The molecule has 1 aromatic heterocycles. The number of benzene rings is 2. The summed E-state index contributed by atoms with van der Waals surface area (Å²) in [5, 5.41) is 4.37. The Morgan fingerprint density at radius 2 is 2.00 bits per heavy atom. The fourth-order valence-electron chi connectivity index (χ4n) is 3.43. The summed E-state index contributed by atoms with van der Waals surface area (Å²) < 4.78 is 5.24. The maximum absolute atomic E-state index is 13.2. The SMILES string of the molecule is COc1ccc([C@@H]2CNCCN2C(=O)c2cnc3ccccc3c2)cc1. The summed E-state index contributed by atoms with van der Waals surface area (Å²) in [5.41, 5.74) is 2.63. The lowest BCUT2D eigenvalue weighted by molar-refractivity contribution is 0.0634. The first kappa shape index (κ1) is 16.5. The summed E-state index contributed by atoms with van der Waals surface area (Å²) in [5.74, 6) is 0.833. The number of methoxy groups -OCH3 is 1. The molecular weight excluding hydrogens is 326 g/mol. The van der Waals surface area contributed by atoms with Crippen LogP contribution >= 0.6 is 0 Å². The molecule has 0 spiro atoms. The molecule has 2 aromatic carbocycles. The van der Waals surface area contributed by atoms with Gasteiger partial charge in [0.25, 0.3) is 5.91 Å². The average Bonchev–Trinajstić information content (AvgIpc) is 2.73. The van der Waals surface area contributed by atoms with E-state index < -0.39 is 0 Å². The summed E-state index contributed by atoms with van der Waals surface area (Å²) in [4.78, 5) is 19.6. The van der Waals surface area contributed by atoms with Crippen molar-refractivity contribution in [2.24, 2.45) is 0 Å². The molecule has 0 saturated carbocycles. The summed E-state index contributed by atoms with van der Waals surface area (Å²) in [6.07, 6.45) is 1.68. The topological polar surface area (TPSA) is 54.5 Å². The van der Waals surface area contributed by atoms with Crippen LogP contribution in [0.25, 0.3) is 10.9 Å². The van der Waals surface area contributed by atoms with Crippen LogP contribution in [0.15, 0.2) is 60.8 Å². The van der Waals surface area contributed by atoms with Crippen LogP contribution in [0.1, 0.15) is 22.0 Å². The van der Waals surface area contributed by atoms with E-state index in [2.05, 4.69) is 10.3 Å². The minimum atomic E-state index is -0.00590. The number of hydrogen-bond donors (Lipinski definition) is 1. The molecule has 5 heteroatoms. The third-order valence-electron chi connectivity index (χ3n) is 4.84. The molecule has 1 amide bonds. The van der Waals surface area contributed by atoms with Crippen LogP contribution < -0.4 is 10.1 Å². The number of ether oxygens (including phenoxy) is 1. The van der Waals surface area contributed by atoms with Crippen molar-refractivity contribution in [3.63, 3.8) is 0 Å². The molecule has 2 heterocycles. The molecule has 4 rings (SSSR count). The van der Waals surface area contributed by atoms with Gasteiger partial charge in [-0.1, -0.05) is 30.3 Å². The van der Waals surface area contributed by atoms with E-state index in [1.807, 2.05) is 59.5 Å². The second-order valence-electron chi connectivity index (χ2n) is 6.41. The first-order valence-corrected chi connectivity index (χ1v) is 8.77. The zero-order chi connectivity index (χ0) is 17.9. The van der Waals surface area contributed by atoms with Crippen molar-refractivity contribution in [2.75, 3.05) is 26.7 Å². The van der Waals surface area contributed by atoms with Gasteiger partial charge in [0.15, 0.2) is 0 Å². The number of carbonyl (C=O) groups is 1. The number of para-hydroxylation sites is 1. The Labute approximate surface area is 152 Å². The fourth-order valence-corrected chi connectivity index (χ4v) is 3.43. The lowest BCUT2D eigenvalue weighted by Crippen LogP contribution is -2.48. The van der Waals surface area contributed by atoms with E-state index in [-0.39, 0.29) is 11.9 Å². The van der Waals surface area contributed by atoms with Gasteiger partial charge in [0.1, 0.15) is 5.75 Å². The fraction of sp³-hybridized carbons (Fsp3) is 0.238. The predicted octanol–water partition coefficient (Wildman–Crippen LogP) is 3.03. The Hall–Kier alpha value is -2.92. The standard InChI is InChI=1S/C21H21N3O2/c1-26-18-8-6-15(7-9-18)20-14-22-10-11-24(20)21(25)17-12-16-4-2-3-5-19(16)23-13-17/h2-9,12-13,20,22H,10-11,14H2,1H3/t20-/m0/s1. The van der Waals surface area contributed by atoms with Crippen LogP contribution in [-0.2, 0) is 0 Å². The molecule has 132 valence electrons. The number of rotatable bonds is 3. The maximum Gasteiger partial charge on any atom is 0.256 e. The maximum atomic E-state index is 13.2. The van der Waals surface area contributed by atoms with Crippen molar-refractivity contribution in [1.82, 2.24) is 15.2 Å². The van der Waals surface area contributed by atoms with E-state index in [9.17, 15) is 4.79 Å². The number of pyridine rings is 1. The number of amides is 1. The molecule has 1 saturated heterocycles. The van der Waals surface area contributed by atoms with Crippen LogP contribution in [0.2, 0.25) is 0 Å². The van der Waals surface area contributed by atoms with Gasteiger partial charge in [-0.3, -0.25) is 9.78 Å². The number of fused-ring (bicyclic) bond motifs is 1. The molecular formula is C21H21N3O2. The van der Waals surface area contributed by atoms with Crippen molar-refractivity contribution < 1.29 is 9.53 Å². The van der Waals surface area contributed by atoms with E-state index in [0.717, 1.165) is 35.3 Å². The van der Waals surface area contributed by atoms with Crippen LogP contribution in [0, 0.1) is 0 Å². The van der Waals surface area contributed by atoms with E-state index in [0.29, 0.717) is 12.1 Å². The Kier molecular flexibility index (Phi) is 4.54. The van der Waals surface area contributed by atoms with E-state index in [4.69, 9.17) is 4.74 Å². The van der Waals surface area contributed by atoms with Crippen LogP contribution in [0.5, 0.6) is 5.75 Å². The number of carbonyl (C=O) groups excluding carboxylic acids is 1. The zero-order valence-electron chi connectivity index (χ0n) is 14.7. The zero-order valence-corrected chi connectivity index (χ0v) is 14.7. The molecule has 3 aromatic rings. The van der Waals surface area contributed by atoms with Gasteiger partial charge in [-0.2, -0.15) is 0 Å². The second kappa shape index (κ2) is 7.14. The summed E-state index contributed by atoms with van der Waals surface area (Å²) in [6.45, 7) is 2.20. The molecule has 0 bridgehead atoms. The molecule has 0 radical (unpaired) electrons. The van der Waals surface area contributed by atoms with Crippen molar-refractivity contribution in [1.29, 1.82) is 0 Å². The van der Waals surface area contributed by atoms with Crippen molar-refractivity contribution in [3.8, 4) is 5.75 Å². The van der Waals surface area contributed by atoms with Gasteiger partial charge in [-0.25, -0.2) is 0 Å². The second-order valence-corrected chi connectivity index (χ2v) is 6.41. The summed E-state index contributed by atoms with van der Waals surface area (Å²) in [6, 6.07) is 17.7. The Balaban J connectivity index is 1.64. The number of piperazine rings is 1. The lowest BCUT2D eigenvalue weighted by Gasteiger charge is -2.36. The first-order chi connectivity index (χ1) is 12.8. The smallest absolute Gasteiger partial charge is 0.256 e. The van der Waals surface area contributed by atoms with Gasteiger partial charge in [0, 0.05) is 31.2 Å². The third-order valence-corrected chi connectivity index (χ3v) is 4.84. The van der Waals surface area contributed by atoms with E-state index in [1.54, 1.807) is 13.3 Å². The Morgan fingerprint density at radius 3 is 2.81 bits per heavy atom. The molecule has 1 N–H and O–H groups in total. The molecule has 0 unspecified atom stereocenters. The average molecular weight is 347 g/mol. The molecule has 5 nitrogen and oxygen atoms in total.